The van der Waals surface area contributed by atoms with Crippen molar-refractivity contribution in [2.45, 2.75) is 31.9 Å². The van der Waals surface area contributed by atoms with Crippen molar-refractivity contribution in [2.24, 2.45) is 10.7 Å². The summed E-state index contributed by atoms with van der Waals surface area (Å²) in [4.78, 5) is 6.77. The third kappa shape index (κ3) is 2.45. The summed E-state index contributed by atoms with van der Waals surface area (Å²) in [7, 11) is 0. The molecule has 1 atom stereocenters. The minimum atomic E-state index is 0.0318. The second-order valence-electron chi connectivity index (χ2n) is 4.04. The Hall–Kier alpha value is -0.610. The maximum absolute atomic E-state index is 5.90. The van der Waals surface area contributed by atoms with Gasteiger partial charge in [-0.15, -0.1) is 0 Å². The van der Waals surface area contributed by atoms with Gasteiger partial charge in [-0.25, -0.2) is 0 Å². The normalized spacial score (nSPS) is 30.6. The Morgan fingerprint density at radius 1 is 1.57 bits per heavy atom. The first-order chi connectivity index (χ1) is 6.79. The van der Waals surface area contributed by atoms with E-state index in [-0.39, 0.29) is 6.10 Å². The van der Waals surface area contributed by atoms with Crippen molar-refractivity contribution in [1.29, 1.82) is 0 Å². The maximum Gasteiger partial charge on any atom is 0.127 e. The van der Waals surface area contributed by atoms with Crippen molar-refractivity contribution in [3.05, 3.63) is 0 Å². The lowest BCUT2D eigenvalue weighted by molar-refractivity contribution is 0.00809. The smallest absolute Gasteiger partial charge is 0.127 e. The predicted molar refractivity (Wildman–Crippen MR) is 56.5 cm³/mol. The van der Waals surface area contributed by atoms with Gasteiger partial charge in [0, 0.05) is 13.1 Å². The van der Waals surface area contributed by atoms with Crippen molar-refractivity contribution in [3.8, 4) is 0 Å². The fourth-order valence-electron chi connectivity index (χ4n) is 1.67. The number of aliphatic imine (C=N–C) groups is 1. The maximum atomic E-state index is 5.90. The first kappa shape index (κ1) is 9.93. The van der Waals surface area contributed by atoms with E-state index in [4.69, 9.17) is 10.5 Å². The summed E-state index contributed by atoms with van der Waals surface area (Å²) in [6, 6.07) is 0.496. The Kier molecular flexibility index (Phi) is 3.03. The Morgan fingerprint density at radius 3 is 3.00 bits per heavy atom. The number of hydrogen-bond donors (Lipinski definition) is 1. The zero-order valence-electron chi connectivity index (χ0n) is 8.78. The molecular formula is C10H19N3O. The van der Waals surface area contributed by atoms with Gasteiger partial charge in [0.25, 0.3) is 0 Å². The van der Waals surface area contributed by atoms with E-state index in [0.717, 1.165) is 26.2 Å². The lowest BCUT2D eigenvalue weighted by Crippen LogP contribution is -2.48. The summed E-state index contributed by atoms with van der Waals surface area (Å²) in [5, 5.41) is 0. The van der Waals surface area contributed by atoms with E-state index in [1.807, 2.05) is 0 Å². The number of nitrogens with zero attached hydrogens (tertiary/aromatic N) is 2. The molecule has 1 aliphatic carbocycles. The van der Waals surface area contributed by atoms with Crippen LogP contribution in [-0.4, -0.2) is 49.1 Å². The summed E-state index contributed by atoms with van der Waals surface area (Å²) in [5.41, 5.74) is 5.90. The van der Waals surface area contributed by atoms with Crippen LogP contribution in [0.5, 0.6) is 0 Å². The second kappa shape index (κ2) is 4.28. The lowest BCUT2D eigenvalue weighted by atomic mass is 10.2. The molecule has 0 spiro atoms. The van der Waals surface area contributed by atoms with Crippen LogP contribution in [0.15, 0.2) is 4.99 Å². The van der Waals surface area contributed by atoms with Gasteiger partial charge in [-0.1, -0.05) is 6.92 Å². The monoisotopic (exact) mass is 197 g/mol. The first-order valence-electron chi connectivity index (χ1n) is 5.46. The van der Waals surface area contributed by atoms with Crippen LogP contribution in [0.3, 0.4) is 0 Å². The molecule has 0 radical (unpaired) electrons. The predicted octanol–water partition coefficient (Wildman–Crippen LogP) is 0.227. The molecule has 1 aliphatic heterocycles. The molecular weight excluding hydrogens is 178 g/mol. The summed E-state index contributed by atoms with van der Waals surface area (Å²) in [5.74, 6) is 0.700. The largest absolute Gasteiger partial charge is 0.385 e. The molecule has 4 heteroatoms. The molecule has 2 rings (SSSR count). The van der Waals surface area contributed by atoms with E-state index >= 15 is 0 Å². The highest BCUT2D eigenvalue weighted by Gasteiger charge is 2.26. The second-order valence-corrected chi connectivity index (χ2v) is 4.04. The van der Waals surface area contributed by atoms with Gasteiger partial charge in [0.05, 0.1) is 12.6 Å². The van der Waals surface area contributed by atoms with Crippen LogP contribution in [0.25, 0.3) is 0 Å². The molecule has 80 valence electrons. The summed E-state index contributed by atoms with van der Waals surface area (Å²) < 4.78 is 5.60. The number of hydrogen-bond acceptors (Lipinski definition) is 3. The quantitative estimate of drug-likeness (QED) is 0.520. The van der Waals surface area contributed by atoms with Crippen LogP contribution < -0.4 is 5.73 Å². The van der Waals surface area contributed by atoms with Crippen LogP contribution in [0.4, 0.5) is 0 Å². The standard InChI is InChI=1S/C10H19N3O/c1-2-13-5-6-14-9(7-13)10(11)12-8-3-4-8/h8-9H,2-7H2,1H3,(H2,11,12). The van der Waals surface area contributed by atoms with Crippen LogP contribution in [0.2, 0.25) is 0 Å². The van der Waals surface area contributed by atoms with Gasteiger partial charge >= 0.3 is 0 Å². The molecule has 0 aromatic heterocycles. The van der Waals surface area contributed by atoms with E-state index < -0.39 is 0 Å². The molecule has 2 aliphatic rings. The molecule has 14 heavy (non-hydrogen) atoms. The Bertz CT molecular complexity index is 225. The highest BCUT2D eigenvalue weighted by molar-refractivity contribution is 5.85. The molecule has 2 fully saturated rings. The van der Waals surface area contributed by atoms with Gasteiger partial charge in [0.15, 0.2) is 0 Å². The molecule has 4 nitrogen and oxygen atoms in total. The number of nitrogens with two attached hydrogens (primary N) is 1. The van der Waals surface area contributed by atoms with E-state index in [9.17, 15) is 0 Å². The van der Waals surface area contributed by atoms with Crippen LogP contribution in [0.1, 0.15) is 19.8 Å². The number of likely N-dealkylation sites (N-methyl/N-ethyl adjacent to an activating group) is 1. The minimum Gasteiger partial charge on any atom is -0.385 e. The van der Waals surface area contributed by atoms with Gasteiger partial charge in [-0.2, -0.15) is 0 Å². The van der Waals surface area contributed by atoms with E-state index in [0.29, 0.717) is 11.9 Å². The van der Waals surface area contributed by atoms with Gasteiger partial charge in [-0.05, 0) is 19.4 Å². The number of morpholine rings is 1. The number of amidine groups is 1. The average molecular weight is 197 g/mol. The van der Waals surface area contributed by atoms with Gasteiger partial charge < -0.3 is 10.5 Å². The van der Waals surface area contributed by atoms with Crippen LogP contribution >= 0.6 is 0 Å². The first-order valence-corrected chi connectivity index (χ1v) is 5.46. The average Bonchev–Trinajstić information content (AvgIpc) is 3.02. The Morgan fingerprint density at radius 2 is 2.36 bits per heavy atom. The molecule has 0 aromatic carbocycles. The summed E-state index contributed by atoms with van der Waals surface area (Å²) in [6.07, 6.45) is 2.43. The Balaban J connectivity index is 1.89. The Labute approximate surface area is 85.1 Å². The molecule has 0 amide bonds. The molecule has 0 bridgehead atoms. The van der Waals surface area contributed by atoms with Crippen molar-refractivity contribution in [3.63, 3.8) is 0 Å². The minimum absolute atomic E-state index is 0.0318. The van der Waals surface area contributed by atoms with Crippen molar-refractivity contribution in [2.75, 3.05) is 26.2 Å². The molecule has 1 heterocycles. The molecule has 2 N–H and O–H groups in total. The van der Waals surface area contributed by atoms with Crippen molar-refractivity contribution in [1.82, 2.24) is 4.90 Å². The summed E-state index contributed by atoms with van der Waals surface area (Å²) >= 11 is 0. The summed E-state index contributed by atoms with van der Waals surface area (Å²) in [6.45, 7) is 5.93. The molecule has 1 saturated heterocycles. The zero-order valence-corrected chi connectivity index (χ0v) is 8.78. The zero-order chi connectivity index (χ0) is 9.97. The molecule has 1 saturated carbocycles. The third-order valence-corrected chi connectivity index (χ3v) is 2.81. The van der Waals surface area contributed by atoms with E-state index in [2.05, 4.69) is 16.8 Å². The number of rotatable bonds is 3. The van der Waals surface area contributed by atoms with E-state index in [1.54, 1.807) is 0 Å². The molecule has 1 unspecified atom stereocenters. The fraction of sp³-hybridized carbons (Fsp3) is 0.900. The third-order valence-electron chi connectivity index (χ3n) is 2.81. The fourth-order valence-corrected chi connectivity index (χ4v) is 1.67. The lowest BCUT2D eigenvalue weighted by Gasteiger charge is -2.31. The van der Waals surface area contributed by atoms with Gasteiger partial charge in [0.1, 0.15) is 11.9 Å². The molecule has 0 aromatic rings. The SMILES string of the molecule is CCN1CCOC(C(N)=NC2CC2)C1. The van der Waals surface area contributed by atoms with Gasteiger partial charge in [0.2, 0.25) is 0 Å². The van der Waals surface area contributed by atoms with E-state index in [1.165, 1.54) is 12.8 Å². The van der Waals surface area contributed by atoms with Crippen molar-refractivity contribution >= 4 is 5.84 Å². The topological polar surface area (TPSA) is 50.9 Å². The van der Waals surface area contributed by atoms with Gasteiger partial charge in [-0.3, -0.25) is 9.89 Å². The van der Waals surface area contributed by atoms with Crippen LogP contribution in [0, 0.1) is 0 Å². The van der Waals surface area contributed by atoms with Crippen LogP contribution in [-0.2, 0) is 4.74 Å². The number of ether oxygens (including phenoxy) is 1. The van der Waals surface area contributed by atoms with Crippen molar-refractivity contribution < 1.29 is 4.74 Å². The highest BCUT2D eigenvalue weighted by atomic mass is 16.5. The highest BCUT2D eigenvalue weighted by Crippen LogP contribution is 2.23.